The van der Waals surface area contributed by atoms with Crippen molar-refractivity contribution in [2.45, 2.75) is 52.5 Å². The molecule has 150 valence electrons. The molecule has 0 bridgehead atoms. The van der Waals surface area contributed by atoms with Crippen LogP contribution in [0.4, 0.5) is 0 Å². The van der Waals surface area contributed by atoms with Crippen molar-refractivity contribution in [3.05, 3.63) is 54.1 Å². The van der Waals surface area contributed by atoms with E-state index in [0.29, 0.717) is 17.2 Å². The van der Waals surface area contributed by atoms with Gasteiger partial charge in [-0.1, -0.05) is 63.2 Å². The van der Waals surface area contributed by atoms with Crippen LogP contribution in [0.5, 0.6) is 5.75 Å². The summed E-state index contributed by atoms with van der Waals surface area (Å²) in [5, 5.41) is 10.6. The summed E-state index contributed by atoms with van der Waals surface area (Å²) in [5.74, 6) is 1.12. The third-order valence-electron chi connectivity index (χ3n) is 5.50. The molecule has 2 aromatic carbocycles. The minimum atomic E-state index is -0.556. The van der Waals surface area contributed by atoms with Crippen molar-refractivity contribution in [1.82, 2.24) is 0 Å². The Morgan fingerprint density at radius 3 is 2.14 bits per heavy atom. The third kappa shape index (κ3) is 6.92. The first kappa shape index (κ1) is 23.5. The van der Waals surface area contributed by atoms with Crippen LogP contribution in [0.3, 0.4) is 0 Å². The second-order valence-electron chi connectivity index (χ2n) is 8.33. The van der Waals surface area contributed by atoms with Crippen molar-refractivity contribution >= 4 is 24.8 Å². The topological polar surface area (TPSA) is 32.6 Å². The van der Waals surface area contributed by atoms with Gasteiger partial charge in [-0.25, -0.2) is 0 Å². The van der Waals surface area contributed by atoms with E-state index in [9.17, 15) is 5.11 Å². The average molecular weight is 454 g/mol. The van der Waals surface area contributed by atoms with Gasteiger partial charge in [0.1, 0.15) is 5.75 Å². The molecule has 1 fully saturated rings. The van der Waals surface area contributed by atoms with Gasteiger partial charge in [-0.3, -0.25) is 4.99 Å². The molecule has 2 nitrogen and oxygen atoms in total. The van der Waals surface area contributed by atoms with Gasteiger partial charge in [-0.05, 0) is 48.6 Å². The van der Waals surface area contributed by atoms with Crippen molar-refractivity contribution < 1.29 is 22.1 Å². The molecule has 28 heavy (non-hydrogen) atoms. The molecule has 0 saturated heterocycles. The maximum atomic E-state index is 10.6. The van der Waals surface area contributed by atoms with Gasteiger partial charge < -0.3 is 5.11 Å². The number of aromatic hydroxyl groups is 1. The molecule has 0 aromatic heterocycles. The zero-order chi connectivity index (χ0) is 20.6. The summed E-state index contributed by atoms with van der Waals surface area (Å²) < 4.78 is 0. The molecular formula is C23H29Cl2NOTi. The summed E-state index contributed by atoms with van der Waals surface area (Å²) in [4.78, 5) is 4.78. The molecule has 1 saturated carbocycles. The average Bonchev–Trinajstić information content (AvgIpc) is 2.68. The number of hydrogen-bond donors (Lipinski definition) is 1. The Labute approximate surface area is 186 Å². The minimum absolute atomic E-state index is 0.320. The summed E-state index contributed by atoms with van der Waals surface area (Å²) in [5.41, 5.74) is 3.10. The number of phenolic OH excluding ortho intramolecular Hbond substituents is 1. The summed E-state index contributed by atoms with van der Waals surface area (Å²) in [6.07, 6.45) is 6.67. The van der Waals surface area contributed by atoms with Crippen molar-refractivity contribution in [2.75, 3.05) is 0 Å². The van der Waals surface area contributed by atoms with Crippen LogP contribution in [0, 0.1) is 11.3 Å². The van der Waals surface area contributed by atoms with E-state index in [1.54, 1.807) is 0 Å². The van der Waals surface area contributed by atoms with Crippen LogP contribution in [0.2, 0.25) is 0 Å². The van der Waals surface area contributed by atoms with Crippen LogP contribution in [0.15, 0.2) is 53.5 Å². The maximum absolute atomic E-state index is 10.6. The van der Waals surface area contributed by atoms with E-state index in [2.05, 4.69) is 20.8 Å². The van der Waals surface area contributed by atoms with E-state index in [4.69, 9.17) is 23.6 Å². The fourth-order valence-electron chi connectivity index (χ4n) is 3.79. The molecule has 1 N–H and O–H groups in total. The SMILES string of the molecule is CC(C)(C)C1CCC(N=Cc2cccc(-c3ccccc3)c2O)CC1.[Cl][Ti][Cl]. The molecule has 0 radical (unpaired) electrons. The summed E-state index contributed by atoms with van der Waals surface area (Å²) in [6.45, 7) is 7.02. The number of phenols is 1. The summed E-state index contributed by atoms with van der Waals surface area (Å²) >= 11 is -0.556. The second-order valence-corrected chi connectivity index (χ2v) is 10.9. The Hall–Kier alpha value is -0.796. The number of aliphatic imine (C=N–C) groups is 1. The number of hydrogen-bond acceptors (Lipinski definition) is 2. The first-order chi connectivity index (χ1) is 13.4. The van der Waals surface area contributed by atoms with Gasteiger partial charge in [-0.15, -0.1) is 0 Å². The van der Waals surface area contributed by atoms with Gasteiger partial charge in [-0.2, -0.15) is 0 Å². The molecular weight excluding hydrogens is 425 g/mol. The molecule has 5 heteroatoms. The zero-order valence-corrected chi connectivity index (χ0v) is 19.9. The number of para-hydroxylation sites is 1. The first-order valence-electron chi connectivity index (χ1n) is 9.73. The van der Waals surface area contributed by atoms with E-state index in [1.807, 2.05) is 54.7 Å². The van der Waals surface area contributed by atoms with Gasteiger partial charge in [0.15, 0.2) is 0 Å². The standard InChI is InChI=1S/C23H29NO.2ClH.Ti/c1-23(2,3)19-12-14-20(15-13-19)24-16-18-10-7-11-21(22(18)25)17-8-5-4-6-9-17;;;/h4-11,16,19-20,25H,12-15H2,1-3H3;2*1H;/q;;;+2/p-2. The molecule has 1 aliphatic carbocycles. The summed E-state index contributed by atoms with van der Waals surface area (Å²) in [6, 6.07) is 16.3. The number of benzene rings is 2. The van der Waals surface area contributed by atoms with E-state index in [-0.39, 0.29) is 0 Å². The molecule has 0 spiro atoms. The number of halogens is 2. The third-order valence-corrected chi connectivity index (χ3v) is 5.50. The van der Waals surface area contributed by atoms with Crippen LogP contribution >= 0.6 is 18.6 Å². The van der Waals surface area contributed by atoms with E-state index in [0.717, 1.165) is 35.4 Å². The Kier molecular flexibility index (Phi) is 9.57. The predicted octanol–water partition coefficient (Wildman–Crippen LogP) is 7.46. The van der Waals surface area contributed by atoms with Gasteiger partial charge in [0.05, 0.1) is 0 Å². The molecule has 0 unspecified atom stereocenters. The van der Waals surface area contributed by atoms with Gasteiger partial charge in [0.2, 0.25) is 0 Å². The van der Waals surface area contributed by atoms with E-state index < -0.39 is 17.0 Å². The fraction of sp³-hybridized carbons (Fsp3) is 0.435. The first-order valence-corrected chi connectivity index (χ1v) is 14.0. The molecule has 0 amide bonds. The predicted molar refractivity (Wildman–Crippen MR) is 118 cm³/mol. The van der Waals surface area contributed by atoms with Crippen molar-refractivity contribution in [3.63, 3.8) is 0 Å². The molecule has 0 aliphatic heterocycles. The molecule has 0 heterocycles. The van der Waals surface area contributed by atoms with Crippen molar-refractivity contribution in [1.29, 1.82) is 0 Å². The van der Waals surface area contributed by atoms with Crippen molar-refractivity contribution in [3.8, 4) is 16.9 Å². The Morgan fingerprint density at radius 1 is 0.964 bits per heavy atom. The molecule has 0 atom stereocenters. The Balaban J connectivity index is 0.000000878. The second kappa shape index (κ2) is 11.4. The molecule has 2 aromatic rings. The molecule has 3 rings (SSSR count). The van der Waals surface area contributed by atoms with Gasteiger partial charge in [0.25, 0.3) is 0 Å². The zero-order valence-electron chi connectivity index (χ0n) is 16.8. The van der Waals surface area contributed by atoms with Crippen LogP contribution in [0.1, 0.15) is 52.0 Å². The van der Waals surface area contributed by atoms with Crippen molar-refractivity contribution in [2.24, 2.45) is 16.3 Å². The fourth-order valence-corrected chi connectivity index (χ4v) is 3.79. The van der Waals surface area contributed by atoms with E-state index in [1.165, 1.54) is 12.8 Å². The van der Waals surface area contributed by atoms with Gasteiger partial charge >= 0.3 is 35.6 Å². The number of rotatable bonds is 3. The van der Waals surface area contributed by atoms with Crippen LogP contribution < -0.4 is 0 Å². The van der Waals surface area contributed by atoms with Crippen LogP contribution in [-0.4, -0.2) is 17.4 Å². The van der Waals surface area contributed by atoms with Crippen LogP contribution in [-0.2, 0) is 17.0 Å². The summed E-state index contributed by atoms with van der Waals surface area (Å²) in [7, 11) is 9.78. The van der Waals surface area contributed by atoms with E-state index >= 15 is 0 Å². The quantitative estimate of drug-likeness (QED) is 0.379. The molecule has 1 aliphatic rings. The van der Waals surface area contributed by atoms with Crippen LogP contribution in [0.25, 0.3) is 11.1 Å². The normalized spacial score (nSPS) is 19.8. The Morgan fingerprint density at radius 2 is 1.57 bits per heavy atom. The Bertz CT molecular complexity index is 751. The number of nitrogens with zero attached hydrogens (tertiary/aromatic N) is 1. The van der Waals surface area contributed by atoms with Gasteiger partial charge in [0, 0.05) is 23.4 Å². The monoisotopic (exact) mass is 453 g/mol.